The summed E-state index contributed by atoms with van der Waals surface area (Å²) in [6.07, 6.45) is 9.23. The fourth-order valence-electron chi connectivity index (χ4n) is 3.54. The summed E-state index contributed by atoms with van der Waals surface area (Å²) in [4.78, 5) is 13.6. The van der Waals surface area contributed by atoms with E-state index in [1.165, 1.54) is 0 Å². The van der Waals surface area contributed by atoms with Gasteiger partial charge in [0.05, 0.1) is 37.1 Å². The van der Waals surface area contributed by atoms with Crippen molar-refractivity contribution in [3.8, 4) is 17.0 Å². The van der Waals surface area contributed by atoms with Gasteiger partial charge in [0.2, 0.25) is 5.88 Å². The third-order valence-corrected chi connectivity index (χ3v) is 5.45. The van der Waals surface area contributed by atoms with Crippen LogP contribution in [0.4, 0.5) is 11.6 Å². The molecule has 5 rings (SSSR count). The first kappa shape index (κ1) is 21.4. The minimum Gasteiger partial charge on any atom is -0.481 e. The quantitative estimate of drug-likeness (QED) is 0.382. The van der Waals surface area contributed by atoms with E-state index in [9.17, 15) is 0 Å². The van der Waals surface area contributed by atoms with Gasteiger partial charge in [-0.2, -0.15) is 10.2 Å². The van der Waals surface area contributed by atoms with Crippen LogP contribution in [-0.4, -0.2) is 42.0 Å². The predicted octanol–water partition coefficient (Wildman–Crippen LogP) is 4.60. The highest BCUT2D eigenvalue weighted by Gasteiger charge is 2.08. The molecule has 1 N–H and O–H groups in total. The zero-order valence-electron chi connectivity index (χ0n) is 19.2. The first-order chi connectivity index (χ1) is 16.6. The van der Waals surface area contributed by atoms with E-state index in [1.54, 1.807) is 19.5 Å². The summed E-state index contributed by atoms with van der Waals surface area (Å²) < 4.78 is 6.99. The summed E-state index contributed by atoms with van der Waals surface area (Å²) in [7, 11) is 1.60. The number of methoxy groups -OCH3 is 1. The van der Waals surface area contributed by atoms with Gasteiger partial charge in [0.25, 0.3) is 0 Å². The number of aromatic nitrogens is 7. The maximum Gasteiger partial charge on any atom is 0.212 e. The van der Waals surface area contributed by atoms with Crippen LogP contribution in [0.1, 0.15) is 30.9 Å². The van der Waals surface area contributed by atoms with Crippen LogP contribution in [0.5, 0.6) is 5.88 Å². The summed E-state index contributed by atoms with van der Waals surface area (Å²) in [6, 6.07) is 11.7. The van der Waals surface area contributed by atoms with Crippen LogP contribution >= 0.6 is 0 Å². The van der Waals surface area contributed by atoms with Crippen LogP contribution in [-0.2, 0) is 6.54 Å². The van der Waals surface area contributed by atoms with Gasteiger partial charge < -0.3 is 10.1 Å². The molecule has 0 aromatic carbocycles. The Balaban J connectivity index is 1.36. The minimum absolute atomic E-state index is 0.370. The molecule has 0 bridgehead atoms. The molecule has 0 aliphatic carbocycles. The largest absolute Gasteiger partial charge is 0.481 e. The molecule has 0 saturated carbocycles. The monoisotopic (exact) mass is 452 g/mol. The van der Waals surface area contributed by atoms with E-state index in [0.29, 0.717) is 30.0 Å². The van der Waals surface area contributed by atoms with E-state index in [4.69, 9.17) is 9.72 Å². The van der Waals surface area contributed by atoms with E-state index in [1.807, 2.05) is 59.7 Å². The summed E-state index contributed by atoms with van der Waals surface area (Å²) in [6.45, 7) is 4.86. The van der Waals surface area contributed by atoms with Crippen molar-refractivity contribution in [1.82, 2.24) is 34.9 Å². The molecule has 0 atom stereocenters. The molecule has 9 nitrogen and oxygen atoms in total. The van der Waals surface area contributed by atoms with Crippen LogP contribution in [0.2, 0.25) is 0 Å². The number of hydrogen-bond donors (Lipinski definition) is 1. The standard InChI is InChI=1S/C25H24N8O/c1-16(2)18-9-24(32-28-12-18)31-23-6-5-21-22(30-23)8-19(11-26-21)20-13-29-33(15-20)14-17-4-7-25(34-3)27-10-17/h4-13,15-16H,14H2,1-3H3,(H,30,31,32). The van der Waals surface area contributed by atoms with Gasteiger partial charge in [-0.25, -0.2) is 9.97 Å². The highest BCUT2D eigenvalue weighted by molar-refractivity contribution is 5.81. The molecule has 0 radical (unpaired) electrons. The molecular formula is C25H24N8O. The zero-order valence-corrected chi connectivity index (χ0v) is 19.2. The van der Waals surface area contributed by atoms with Crippen molar-refractivity contribution >= 4 is 22.7 Å². The molecule has 5 aromatic heterocycles. The van der Waals surface area contributed by atoms with E-state index < -0.39 is 0 Å². The number of nitrogens with one attached hydrogen (secondary N) is 1. The van der Waals surface area contributed by atoms with E-state index in [-0.39, 0.29) is 0 Å². The molecule has 0 amide bonds. The number of pyridine rings is 3. The van der Waals surface area contributed by atoms with Crippen LogP contribution in [0.3, 0.4) is 0 Å². The molecule has 34 heavy (non-hydrogen) atoms. The summed E-state index contributed by atoms with van der Waals surface area (Å²) in [5, 5.41) is 16.0. The minimum atomic E-state index is 0.370. The second kappa shape index (κ2) is 9.22. The van der Waals surface area contributed by atoms with Crippen molar-refractivity contribution in [1.29, 1.82) is 0 Å². The number of nitrogens with zero attached hydrogens (tertiary/aromatic N) is 7. The van der Waals surface area contributed by atoms with Crippen molar-refractivity contribution in [2.24, 2.45) is 0 Å². The summed E-state index contributed by atoms with van der Waals surface area (Å²) in [5.41, 5.74) is 5.65. The highest BCUT2D eigenvalue weighted by atomic mass is 16.5. The molecule has 170 valence electrons. The van der Waals surface area contributed by atoms with E-state index in [0.717, 1.165) is 33.3 Å². The molecule has 5 heterocycles. The number of anilines is 2. The van der Waals surface area contributed by atoms with E-state index >= 15 is 0 Å². The van der Waals surface area contributed by atoms with Crippen molar-refractivity contribution in [2.45, 2.75) is 26.3 Å². The SMILES string of the molecule is COc1ccc(Cn2cc(-c3cnc4ccc(Nc5cc(C(C)C)cnn5)nc4c3)cn2)cn1. The first-order valence-electron chi connectivity index (χ1n) is 11.0. The fraction of sp³-hybridized carbons (Fsp3) is 0.200. The Morgan fingerprint density at radius 1 is 0.912 bits per heavy atom. The third kappa shape index (κ3) is 4.68. The maximum atomic E-state index is 5.12. The van der Waals surface area contributed by atoms with Crippen LogP contribution in [0, 0.1) is 0 Å². The smallest absolute Gasteiger partial charge is 0.212 e. The van der Waals surface area contributed by atoms with Gasteiger partial charge in [-0.05, 0) is 41.3 Å². The zero-order chi connectivity index (χ0) is 23.5. The molecular weight excluding hydrogens is 428 g/mol. The van der Waals surface area contributed by atoms with Gasteiger partial charge in [0.1, 0.15) is 5.82 Å². The van der Waals surface area contributed by atoms with Gasteiger partial charge in [0.15, 0.2) is 5.82 Å². The lowest BCUT2D eigenvalue weighted by Gasteiger charge is -2.09. The second-order valence-electron chi connectivity index (χ2n) is 8.25. The highest BCUT2D eigenvalue weighted by Crippen LogP contribution is 2.24. The molecule has 0 unspecified atom stereocenters. The number of ether oxygens (including phenoxy) is 1. The van der Waals surface area contributed by atoms with Gasteiger partial charge in [-0.15, -0.1) is 5.10 Å². The van der Waals surface area contributed by atoms with Gasteiger partial charge in [-0.3, -0.25) is 9.67 Å². The average Bonchev–Trinajstić information content (AvgIpc) is 3.33. The number of fused-ring (bicyclic) bond motifs is 1. The molecule has 0 spiro atoms. The molecule has 0 fully saturated rings. The predicted molar refractivity (Wildman–Crippen MR) is 130 cm³/mol. The maximum absolute atomic E-state index is 5.12. The second-order valence-corrected chi connectivity index (χ2v) is 8.25. The van der Waals surface area contributed by atoms with Gasteiger partial charge in [0, 0.05) is 35.8 Å². The average molecular weight is 453 g/mol. The third-order valence-electron chi connectivity index (χ3n) is 5.45. The van der Waals surface area contributed by atoms with Crippen molar-refractivity contribution in [2.75, 3.05) is 12.4 Å². The van der Waals surface area contributed by atoms with Crippen LogP contribution < -0.4 is 10.1 Å². The first-order valence-corrected chi connectivity index (χ1v) is 11.0. The molecule has 9 heteroatoms. The van der Waals surface area contributed by atoms with Gasteiger partial charge in [-0.1, -0.05) is 19.9 Å². The Morgan fingerprint density at radius 2 is 1.82 bits per heavy atom. The number of hydrogen-bond acceptors (Lipinski definition) is 8. The lowest BCUT2D eigenvalue weighted by Crippen LogP contribution is -2.00. The lowest BCUT2D eigenvalue weighted by molar-refractivity contribution is 0.397. The van der Waals surface area contributed by atoms with Crippen LogP contribution in [0.15, 0.2) is 67.4 Å². The summed E-state index contributed by atoms with van der Waals surface area (Å²) in [5.74, 6) is 2.31. The lowest BCUT2D eigenvalue weighted by atomic mass is 10.1. The summed E-state index contributed by atoms with van der Waals surface area (Å²) >= 11 is 0. The Labute approximate surface area is 196 Å². The number of rotatable bonds is 7. The normalized spacial score (nSPS) is 11.2. The van der Waals surface area contributed by atoms with Crippen molar-refractivity contribution in [3.63, 3.8) is 0 Å². The Kier molecular flexibility index (Phi) is 5.82. The topological polar surface area (TPSA) is 104 Å². The van der Waals surface area contributed by atoms with Crippen molar-refractivity contribution < 1.29 is 4.74 Å². The molecule has 0 saturated heterocycles. The fourth-order valence-corrected chi connectivity index (χ4v) is 3.54. The Morgan fingerprint density at radius 3 is 2.62 bits per heavy atom. The molecule has 0 aliphatic rings. The Hall–Kier alpha value is -4.40. The van der Waals surface area contributed by atoms with Gasteiger partial charge >= 0.3 is 0 Å². The Bertz CT molecular complexity index is 1430. The van der Waals surface area contributed by atoms with Crippen molar-refractivity contribution in [3.05, 3.63) is 78.5 Å². The molecule has 5 aromatic rings. The van der Waals surface area contributed by atoms with E-state index in [2.05, 4.69) is 44.4 Å². The van der Waals surface area contributed by atoms with Crippen LogP contribution in [0.25, 0.3) is 22.2 Å². The molecule has 0 aliphatic heterocycles.